The van der Waals surface area contributed by atoms with Crippen LogP contribution in [-0.2, 0) is 16.4 Å². The first-order chi connectivity index (χ1) is 15.6. The molecule has 0 aliphatic heterocycles. The number of rotatable bonds is 4. The Kier molecular flexibility index (Phi) is 4.93. The molecule has 5 rings (SSSR count). The van der Waals surface area contributed by atoms with Crippen LogP contribution >= 0.6 is 0 Å². The van der Waals surface area contributed by atoms with Crippen LogP contribution in [0.25, 0.3) is 17.8 Å². The zero-order valence-corrected chi connectivity index (χ0v) is 18.9. The fourth-order valence-electron chi connectivity index (χ4n) is 5.04. The largest absolute Gasteiger partial charge is 0.385 e. The molecule has 8 heteroatoms. The van der Waals surface area contributed by atoms with E-state index in [1.54, 1.807) is 53.4 Å². The van der Waals surface area contributed by atoms with Crippen LogP contribution in [0.15, 0.2) is 71.3 Å². The van der Waals surface area contributed by atoms with Gasteiger partial charge in [0, 0.05) is 5.41 Å². The van der Waals surface area contributed by atoms with Crippen molar-refractivity contribution in [3.05, 3.63) is 89.0 Å². The third-order valence-electron chi connectivity index (χ3n) is 7.02. The molecule has 1 heterocycles. The predicted molar refractivity (Wildman–Crippen MR) is 124 cm³/mol. The Morgan fingerprint density at radius 1 is 1.18 bits per heavy atom. The minimum atomic E-state index is -3.88. The number of fused-ring (bicyclic) bond motifs is 2. The van der Waals surface area contributed by atoms with Crippen molar-refractivity contribution >= 4 is 22.2 Å². The summed E-state index contributed by atoms with van der Waals surface area (Å²) in [5, 5.41) is 21.6. The second-order valence-corrected chi connectivity index (χ2v) is 10.5. The molecule has 1 saturated carbocycles. The highest BCUT2D eigenvalue weighted by Crippen LogP contribution is 2.56. The molecule has 33 heavy (non-hydrogen) atoms. The van der Waals surface area contributed by atoms with Crippen molar-refractivity contribution in [2.45, 2.75) is 36.7 Å². The van der Waals surface area contributed by atoms with Crippen molar-refractivity contribution < 1.29 is 17.9 Å². The molecule has 6 nitrogen and oxygen atoms in total. The second kappa shape index (κ2) is 7.48. The minimum Gasteiger partial charge on any atom is -0.385 e. The Morgan fingerprint density at radius 3 is 2.64 bits per heavy atom. The molecule has 0 amide bonds. The monoisotopic (exact) mass is 465 g/mol. The fraction of sp³-hybridized carbons (Fsp3) is 0.240. The van der Waals surface area contributed by atoms with Crippen molar-refractivity contribution in [2.24, 2.45) is 10.6 Å². The van der Waals surface area contributed by atoms with Crippen LogP contribution in [0.4, 0.5) is 4.39 Å². The van der Waals surface area contributed by atoms with Gasteiger partial charge in [0.15, 0.2) is 0 Å². The molecule has 2 aromatic carbocycles. The van der Waals surface area contributed by atoms with E-state index in [0.717, 1.165) is 22.5 Å². The van der Waals surface area contributed by atoms with Gasteiger partial charge in [-0.2, -0.15) is 5.10 Å². The van der Waals surface area contributed by atoms with Crippen LogP contribution in [-0.4, -0.2) is 28.9 Å². The number of hydrogen-bond acceptors (Lipinski definition) is 4. The van der Waals surface area contributed by atoms with E-state index in [4.69, 9.17) is 5.14 Å². The Bertz CT molecular complexity index is 1410. The average Bonchev–Trinajstić information content (AvgIpc) is 3.29. The van der Waals surface area contributed by atoms with Crippen LogP contribution in [0.2, 0.25) is 0 Å². The molecule has 3 aromatic rings. The predicted octanol–water partition coefficient (Wildman–Crippen LogP) is 3.84. The maximum absolute atomic E-state index is 13.3. The minimum absolute atomic E-state index is 0.0234. The van der Waals surface area contributed by atoms with Gasteiger partial charge in [-0.3, -0.25) is 0 Å². The van der Waals surface area contributed by atoms with Gasteiger partial charge in [-0.1, -0.05) is 42.8 Å². The summed E-state index contributed by atoms with van der Waals surface area (Å²) >= 11 is 0. The van der Waals surface area contributed by atoms with Gasteiger partial charge in [0.05, 0.1) is 28.1 Å². The first-order valence-electron chi connectivity index (χ1n) is 10.7. The molecule has 3 N–H and O–H groups in total. The van der Waals surface area contributed by atoms with Crippen molar-refractivity contribution in [3.8, 4) is 5.69 Å². The molecule has 2 aliphatic carbocycles. The zero-order valence-electron chi connectivity index (χ0n) is 18.1. The van der Waals surface area contributed by atoms with Gasteiger partial charge in [0.2, 0.25) is 10.0 Å². The molecule has 0 spiro atoms. The molecule has 1 aromatic heterocycles. The Labute approximate surface area is 191 Å². The number of aliphatic hydroxyl groups is 1. The molecule has 0 bridgehead atoms. The van der Waals surface area contributed by atoms with Gasteiger partial charge in [-0.05, 0) is 66.8 Å². The number of aromatic nitrogens is 2. The van der Waals surface area contributed by atoms with Gasteiger partial charge >= 0.3 is 0 Å². The van der Waals surface area contributed by atoms with E-state index >= 15 is 0 Å². The summed E-state index contributed by atoms with van der Waals surface area (Å²) < 4.78 is 39.0. The van der Waals surface area contributed by atoms with Gasteiger partial charge in [0.25, 0.3) is 0 Å². The number of halogens is 1. The first kappa shape index (κ1) is 21.8. The lowest BCUT2D eigenvalue weighted by atomic mass is 9.67. The van der Waals surface area contributed by atoms with Crippen molar-refractivity contribution in [1.29, 1.82) is 0 Å². The maximum atomic E-state index is 13.3. The first-order valence-corrected chi connectivity index (χ1v) is 12.2. The van der Waals surface area contributed by atoms with Gasteiger partial charge in [-0.25, -0.2) is 22.6 Å². The second-order valence-electron chi connectivity index (χ2n) is 8.96. The van der Waals surface area contributed by atoms with Gasteiger partial charge in [-0.15, -0.1) is 0 Å². The highest BCUT2D eigenvalue weighted by atomic mass is 32.2. The smallest absolute Gasteiger partial charge is 0.238 e. The zero-order chi connectivity index (χ0) is 23.4. The Balaban J connectivity index is 1.51. The van der Waals surface area contributed by atoms with Crippen LogP contribution < -0.4 is 5.14 Å². The summed E-state index contributed by atoms with van der Waals surface area (Å²) in [4.78, 5) is 0.0234. The summed E-state index contributed by atoms with van der Waals surface area (Å²) in [6, 6.07) is 12.7. The quantitative estimate of drug-likeness (QED) is 0.612. The number of nitrogens with zero attached hydrogens (tertiary/aromatic N) is 2. The van der Waals surface area contributed by atoms with Crippen LogP contribution in [0.5, 0.6) is 0 Å². The Hall–Kier alpha value is -3.07. The lowest BCUT2D eigenvalue weighted by Crippen LogP contribution is -2.43. The summed E-state index contributed by atoms with van der Waals surface area (Å²) in [6.07, 6.45) is 8.99. The molecule has 0 unspecified atom stereocenters. The lowest BCUT2D eigenvalue weighted by Gasteiger charge is -2.40. The maximum Gasteiger partial charge on any atom is 0.238 e. The summed E-state index contributed by atoms with van der Waals surface area (Å²) in [5.74, 6) is -0.303. The fourth-order valence-corrected chi connectivity index (χ4v) is 5.77. The Morgan fingerprint density at radius 2 is 1.91 bits per heavy atom. The lowest BCUT2D eigenvalue weighted by molar-refractivity contribution is 0.00667. The molecular weight excluding hydrogens is 441 g/mol. The highest BCUT2D eigenvalue weighted by molar-refractivity contribution is 7.89. The average molecular weight is 466 g/mol. The van der Waals surface area contributed by atoms with Crippen molar-refractivity contribution in [3.63, 3.8) is 0 Å². The standard InChI is InChI=1S/C25H24FN3O3S/c1-24-15-18-16-28-29(21-8-6-20(26)7-9-21)22(18)14-19(24)11-13-25(24,30)12-10-17-4-2-3-5-23(17)33(27,31)32/h2-10,12,14,16,30H,11,13,15H2,1H3,(H2,27,31,32)/t24-,25-/m0/s1. The van der Waals surface area contributed by atoms with E-state index in [2.05, 4.69) is 11.2 Å². The molecule has 0 saturated heterocycles. The molecule has 170 valence electrons. The van der Waals surface area contributed by atoms with E-state index in [1.807, 2.05) is 6.92 Å². The van der Waals surface area contributed by atoms with Gasteiger partial charge in [0.1, 0.15) is 5.82 Å². The number of nitrogens with two attached hydrogens (primary N) is 1. The van der Waals surface area contributed by atoms with E-state index in [0.29, 0.717) is 24.8 Å². The number of benzene rings is 2. The molecule has 2 aliphatic rings. The van der Waals surface area contributed by atoms with E-state index in [9.17, 15) is 17.9 Å². The summed E-state index contributed by atoms with van der Waals surface area (Å²) in [5.41, 5.74) is 2.50. The number of primary sulfonamides is 1. The molecule has 1 fully saturated rings. The van der Waals surface area contributed by atoms with Crippen LogP contribution in [0, 0.1) is 11.2 Å². The third kappa shape index (κ3) is 3.55. The topological polar surface area (TPSA) is 98.2 Å². The van der Waals surface area contributed by atoms with Crippen molar-refractivity contribution in [2.75, 3.05) is 0 Å². The number of sulfonamides is 1. The van der Waals surface area contributed by atoms with E-state index in [-0.39, 0.29) is 10.7 Å². The highest BCUT2D eigenvalue weighted by Gasteiger charge is 2.54. The molecular formula is C25H24FN3O3S. The van der Waals surface area contributed by atoms with Crippen molar-refractivity contribution in [1.82, 2.24) is 9.78 Å². The SMILES string of the molecule is C[C@]12Cc3cnn(-c4ccc(F)cc4)c3C=C1CC[C@@]2(O)C=Cc1ccccc1S(N)(=O)=O. The van der Waals surface area contributed by atoms with E-state index < -0.39 is 21.0 Å². The van der Waals surface area contributed by atoms with E-state index in [1.165, 1.54) is 18.2 Å². The van der Waals surface area contributed by atoms with Gasteiger partial charge < -0.3 is 5.11 Å². The van der Waals surface area contributed by atoms with Crippen LogP contribution in [0.3, 0.4) is 0 Å². The number of hydrogen-bond donors (Lipinski definition) is 2. The van der Waals surface area contributed by atoms with Crippen LogP contribution in [0.1, 0.15) is 36.6 Å². The molecule has 0 radical (unpaired) electrons. The normalized spacial score (nSPS) is 24.5. The summed E-state index contributed by atoms with van der Waals surface area (Å²) in [7, 11) is -3.88. The summed E-state index contributed by atoms with van der Waals surface area (Å²) in [6.45, 7) is 2.03. The molecule has 2 atom stereocenters. The third-order valence-corrected chi connectivity index (χ3v) is 8.00.